The number of halogens is 1. The quantitative estimate of drug-likeness (QED) is 0.309. The van der Waals surface area contributed by atoms with E-state index >= 15 is 0 Å². The number of urea groups is 1. The van der Waals surface area contributed by atoms with Gasteiger partial charge in [0.15, 0.2) is 18.1 Å². The lowest BCUT2D eigenvalue weighted by molar-refractivity contribution is -0.149. The highest BCUT2D eigenvalue weighted by atomic mass is 35.5. The molecular weight excluding hydrogens is 484 g/mol. The average molecular weight is 507 g/mol. The van der Waals surface area contributed by atoms with Crippen molar-refractivity contribution in [3.8, 4) is 11.5 Å². The number of amides is 3. The van der Waals surface area contributed by atoms with Crippen LogP contribution in [0, 0.1) is 0 Å². The van der Waals surface area contributed by atoms with Crippen molar-refractivity contribution in [1.29, 1.82) is 0 Å². The molecule has 0 unspecified atom stereocenters. The summed E-state index contributed by atoms with van der Waals surface area (Å²) in [5, 5.41) is 2.60. The molecule has 1 aliphatic heterocycles. The van der Waals surface area contributed by atoms with E-state index in [1.807, 2.05) is 0 Å². The number of benzene rings is 1. The normalized spacial score (nSPS) is 14.3. The minimum absolute atomic E-state index is 0.0120. The van der Waals surface area contributed by atoms with Gasteiger partial charge >= 0.3 is 18.0 Å². The number of hydrogen-bond acceptors (Lipinski definition) is 9. The van der Waals surface area contributed by atoms with E-state index in [0.717, 1.165) is 4.90 Å². The van der Waals surface area contributed by atoms with Crippen LogP contribution in [0.4, 0.5) is 4.79 Å². The summed E-state index contributed by atoms with van der Waals surface area (Å²) >= 11 is 6.31. The Bertz CT molecular complexity index is 1190. The molecular formula is C23H23ClN2O9. The van der Waals surface area contributed by atoms with Crippen molar-refractivity contribution >= 4 is 41.6 Å². The van der Waals surface area contributed by atoms with Crippen LogP contribution in [-0.4, -0.2) is 55.7 Å². The Balaban J connectivity index is 1.76. The zero-order valence-corrected chi connectivity index (χ0v) is 20.1. The molecule has 11 nitrogen and oxygen atoms in total. The molecule has 0 saturated carbocycles. The van der Waals surface area contributed by atoms with Gasteiger partial charge in [-0.05, 0) is 49.8 Å². The van der Waals surface area contributed by atoms with E-state index < -0.39 is 23.9 Å². The number of ether oxygens (including phenoxy) is 4. The summed E-state index contributed by atoms with van der Waals surface area (Å²) in [5.74, 6) is -1.36. The molecule has 0 bridgehead atoms. The van der Waals surface area contributed by atoms with Gasteiger partial charge in [-0.15, -0.1) is 0 Å². The molecule has 1 N–H and O–H groups in total. The van der Waals surface area contributed by atoms with E-state index in [1.54, 1.807) is 13.8 Å². The van der Waals surface area contributed by atoms with Crippen LogP contribution in [0.1, 0.15) is 35.7 Å². The van der Waals surface area contributed by atoms with Crippen LogP contribution in [-0.2, 0) is 25.6 Å². The van der Waals surface area contributed by atoms with E-state index in [1.165, 1.54) is 44.6 Å². The number of nitrogens with one attached hydrogen (secondary N) is 1. The fourth-order valence-corrected chi connectivity index (χ4v) is 3.38. The van der Waals surface area contributed by atoms with Crippen LogP contribution in [0.3, 0.4) is 0 Å². The number of imide groups is 1. The monoisotopic (exact) mass is 506 g/mol. The number of carbonyl (C=O) groups excluding carboxylic acids is 4. The third-order valence-corrected chi connectivity index (χ3v) is 4.87. The third kappa shape index (κ3) is 6.12. The summed E-state index contributed by atoms with van der Waals surface area (Å²) < 4.78 is 25.7. The lowest BCUT2D eigenvalue weighted by Crippen LogP contribution is -2.30. The second-order valence-corrected chi connectivity index (χ2v) is 7.91. The van der Waals surface area contributed by atoms with Crippen molar-refractivity contribution in [2.75, 3.05) is 20.8 Å². The first kappa shape index (κ1) is 25.6. The van der Waals surface area contributed by atoms with E-state index in [0.29, 0.717) is 5.56 Å². The van der Waals surface area contributed by atoms with E-state index in [4.69, 9.17) is 30.2 Å². The Labute approximate surface area is 205 Å². The Morgan fingerprint density at radius 2 is 1.94 bits per heavy atom. The second kappa shape index (κ2) is 11.0. The zero-order valence-electron chi connectivity index (χ0n) is 19.4. The van der Waals surface area contributed by atoms with E-state index in [2.05, 4.69) is 10.1 Å². The first-order valence-corrected chi connectivity index (χ1v) is 10.7. The minimum atomic E-state index is -0.677. The Hall–Kier alpha value is -3.99. The molecule has 1 aromatic carbocycles. The highest BCUT2D eigenvalue weighted by molar-refractivity contribution is 6.32. The number of furan rings is 1. The van der Waals surface area contributed by atoms with Crippen molar-refractivity contribution < 1.29 is 42.5 Å². The van der Waals surface area contributed by atoms with Gasteiger partial charge in [-0.3, -0.25) is 9.69 Å². The number of nitrogens with zero attached hydrogens (tertiary/aromatic N) is 1. The van der Waals surface area contributed by atoms with E-state index in [-0.39, 0.29) is 53.0 Å². The largest absolute Gasteiger partial charge is 0.493 e. The summed E-state index contributed by atoms with van der Waals surface area (Å²) in [5.41, 5.74) is 0.419. The number of esters is 2. The number of carbonyl (C=O) groups is 4. The Morgan fingerprint density at radius 3 is 2.60 bits per heavy atom. The number of rotatable bonds is 9. The van der Waals surface area contributed by atoms with Crippen LogP contribution < -0.4 is 14.8 Å². The van der Waals surface area contributed by atoms with Gasteiger partial charge in [-0.25, -0.2) is 14.4 Å². The lowest BCUT2D eigenvalue weighted by Gasteiger charge is -2.14. The maximum atomic E-state index is 12.8. The Morgan fingerprint density at radius 1 is 1.20 bits per heavy atom. The highest BCUT2D eigenvalue weighted by Crippen LogP contribution is 2.37. The van der Waals surface area contributed by atoms with Gasteiger partial charge in [-0.1, -0.05) is 11.6 Å². The summed E-state index contributed by atoms with van der Waals surface area (Å²) in [6, 6.07) is 5.20. The molecule has 2 aromatic rings. The summed E-state index contributed by atoms with van der Waals surface area (Å²) in [4.78, 5) is 49.4. The van der Waals surface area contributed by atoms with Gasteiger partial charge in [0.25, 0.3) is 5.91 Å². The van der Waals surface area contributed by atoms with Crippen LogP contribution in [0.25, 0.3) is 6.08 Å². The van der Waals surface area contributed by atoms with Crippen LogP contribution in [0.15, 0.2) is 34.4 Å². The van der Waals surface area contributed by atoms with Crippen molar-refractivity contribution in [2.24, 2.45) is 0 Å². The molecule has 1 saturated heterocycles. The topological polar surface area (TPSA) is 134 Å². The summed E-state index contributed by atoms with van der Waals surface area (Å²) in [7, 11) is 2.60. The maximum absolute atomic E-state index is 12.8. The van der Waals surface area contributed by atoms with Crippen LogP contribution >= 0.6 is 11.6 Å². The molecule has 12 heteroatoms. The molecule has 0 radical (unpaired) electrons. The second-order valence-electron chi connectivity index (χ2n) is 7.50. The molecule has 35 heavy (non-hydrogen) atoms. The summed E-state index contributed by atoms with van der Waals surface area (Å²) in [6.45, 7) is 2.86. The van der Waals surface area contributed by atoms with Crippen molar-refractivity contribution in [3.05, 3.63) is 52.1 Å². The fraction of sp³-hybridized carbons (Fsp3) is 0.304. The molecule has 186 valence electrons. The smallest absolute Gasteiger partial charge is 0.373 e. The summed E-state index contributed by atoms with van der Waals surface area (Å²) in [6.07, 6.45) is 1.12. The minimum Gasteiger partial charge on any atom is -0.493 e. The van der Waals surface area contributed by atoms with Crippen LogP contribution in [0.5, 0.6) is 11.5 Å². The van der Waals surface area contributed by atoms with Gasteiger partial charge in [0.05, 0.1) is 31.9 Å². The predicted molar refractivity (Wildman–Crippen MR) is 122 cm³/mol. The fourth-order valence-electron chi connectivity index (χ4n) is 3.10. The zero-order chi connectivity index (χ0) is 25.7. The lowest BCUT2D eigenvalue weighted by atomic mass is 10.1. The van der Waals surface area contributed by atoms with Crippen LogP contribution in [0.2, 0.25) is 5.02 Å². The van der Waals surface area contributed by atoms with Crippen molar-refractivity contribution in [3.63, 3.8) is 0 Å². The SMILES string of the molecule is COC(=O)c1ccc(CN2C(=O)N/C(=C\c3cc(Cl)c(OCC(=O)OC(C)C)c(OC)c3)C2=O)o1. The molecule has 0 aliphatic carbocycles. The molecule has 0 atom stereocenters. The molecule has 3 amide bonds. The molecule has 0 spiro atoms. The third-order valence-electron chi connectivity index (χ3n) is 4.59. The van der Waals surface area contributed by atoms with Gasteiger partial charge in [0, 0.05) is 0 Å². The van der Waals surface area contributed by atoms with Gasteiger partial charge < -0.3 is 28.7 Å². The van der Waals surface area contributed by atoms with Gasteiger partial charge in [0.1, 0.15) is 11.5 Å². The van der Waals surface area contributed by atoms with E-state index in [9.17, 15) is 19.2 Å². The number of methoxy groups -OCH3 is 2. The Kier molecular flexibility index (Phi) is 8.02. The number of hydrogen-bond donors (Lipinski definition) is 1. The first-order valence-electron chi connectivity index (χ1n) is 10.3. The average Bonchev–Trinajstić information content (AvgIpc) is 3.37. The van der Waals surface area contributed by atoms with Gasteiger partial charge in [0.2, 0.25) is 5.76 Å². The predicted octanol–water partition coefficient (Wildman–Crippen LogP) is 3.15. The van der Waals surface area contributed by atoms with Gasteiger partial charge in [-0.2, -0.15) is 0 Å². The molecule has 1 aliphatic rings. The van der Waals surface area contributed by atoms with Crippen molar-refractivity contribution in [2.45, 2.75) is 26.5 Å². The van der Waals surface area contributed by atoms with Crippen molar-refractivity contribution in [1.82, 2.24) is 10.2 Å². The molecule has 3 rings (SSSR count). The molecule has 1 aromatic heterocycles. The molecule has 1 fully saturated rings. The molecule has 2 heterocycles. The highest BCUT2D eigenvalue weighted by Gasteiger charge is 2.34. The first-order chi connectivity index (χ1) is 16.6. The standard InChI is InChI=1S/C23H23ClN2O9/c1-12(2)34-19(27)11-33-20-15(24)7-13(9-18(20)31-3)8-16-21(28)26(23(30)25-16)10-14-5-6-17(35-14)22(29)32-4/h5-9,12H,10-11H2,1-4H3,(H,25,30)/b16-8-. The maximum Gasteiger partial charge on any atom is 0.373 e.